The first kappa shape index (κ1) is 20.1. The molecule has 5 nitrogen and oxygen atoms in total. The lowest BCUT2D eigenvalue weighted by atomic mass is 10.2. The highest BCUT2D eigenvalue weighted by Crippen LogP contribution is 2.18. The zero-order valence-corrected chi connectivity index (χ0v) is 16.4. The molecule has 1 aromatic heterocycles. The molecule has 1 aliphatic rings. The average molecular weight is 412 g/mol. The number of hydrogen-bond acceptors (Lipinski definition) is 5. The standard InChI is InChI=1S/C23H22F2N2O3/c24-18-4-6-20(7-5-18)27-10-8-26(9-11-27)14-21-13-22(28)23(16-29-21)30-15-17-2-1-3-19(25)12-17/h1-7,12-13,16H,8-11,14-15H2. The first-order valence-corrected chi connectivity index (χ1v) is 9.79. The van der Waals surface area contributed by atoms with E-state index in [0.717, 1.165) is 31.9 Å². The molecule has 4 rings (SSSR count). The first-order chi connectivity index (χ1) is 14.6. The molecule has 0 saturated carbocycles. The van der Waals surface area contributed by atoms with Crippen molar-refractivity contribution in [2.24, 2.45) is 0 Å². The number of anilines is 1. The van der Waals surface area contributed by atoms with Crippen LogP contribution in [0.5, 0.6) is 5.75 Å². The van der Waals surface area contributed by atoms with Crippen molar-refractivity contribution in [3.63, 3.8) is 0 Å². The number of hydrogen-bond donors (Lipinski definition) is 0. The molecule has 7 heteroatoms. The molecular weight excluding hydrogens is 390 g/mol. The maximum atomic E-state index is 13.2. The molecule has 0 bridgehead atoms. The van der Waals surface area contributed by atoms with E-state index in [-0.39, 0.29) is 29.4 Å². The SMILES string of the molecule is O=c1cc(CN2CCN(c3ccc(F)cc3)CC2)occ1OCc1cccc(F)c1. The lowest BCUT2D eigenvalue weighted by Crippen LogP contribution is -2.46. The van der Waals surface area contributed by atoms with E-state index < -0.39 is 0 Å². The van der Waals surface area contributed by atoms with Crippen molar-refractivity contribution in [2.75, 3.05) is 31.1 Å². The number of benzene rings is 2. The van der Waals surface area contributed by atoms with Gasteiger partial charge in [0, 0.05) is 37.9 Å². The van der Waals surface area contributed by atoms with E-state index >= 15 is 0 Å². The van der Waals surface area contributed by atoms with E-state index in [4.69, 9.17) is 9.15 Å². The highest BCUT2D eigenvalue weighted by Gasteiger charge is 2.18. The van der Waals surface area contributed by atoms with Gasteiger partial charge in [-0.3, -0.25) is 9.69 Å². The third kappa shape index (κ3) is 5.04. The minimum atomic E-state index is -0.349. The van der Waals surface area contributed by atoms with E-state index in [1.807, 2.05) is 0 Å². The summed E-state index contributed by atoms with van der Waals surface area (Å²) in [5.74, 6) is 0.0752. The molecule has 30 heavy (non-hydrogen) atoms. The summed E-state index contributed by atoms with van der Waals surface area (Å²) in [4.78, 5) is 16.7. The van der Waals surface area contributed by atoms with E-state index in [1.165, 1.54) is 36.6 Å². The van der Waals surface area contributed by atoms with Crippen LogP contribution in [0.2, 0.25) is 0 Å². The van der Waals surface area contributed by atoms with Crippen LogP contribution in [0.25, 0.3) is 0 Å². The van der Waals surface area contributed by atoms with Crippen LogP contribution in [0, 0.1) is 11.6 Å². The van der Waals surface area contributed by atoms with Crippen molar-refractivity contribution in [1.82, 2.24) is 4.90 Å². The summed E-state index contributed by atoms with van der Waals surface area (Å²) in [5.41, 5.74) is 1.37. The average Bonchev–Trinajstić information content (AvgIpc) is 2.74. The van der Waals surface area contributed by atoms with E-state index in [0.29, 0.717) is 17.9 Å². The Morgan fingerprint density at radius 1 is 0.933 bits per heavy atom. The van der Waals surface area contributed by atoms with Gasteiger partial charge in [0.15, 0.2) is 0 Å². The van der Waals surface area contributed by atoms with Crippen LogP contribution >= 0.6 is 0 Å². The van der Waals surface area contributed by atoms with Crippen LogP contribution in [0.15, 0.2) is 70.1 Å². The fraction of sp³-hybridized carbons (Fsp3) is 0.261. The highest BCUT2D eigenvalue weighted by atomic mass is 19.1. The van der Waals surface area contributed by atoms with Crippen LogP contribution in [-0.4, -0.2) is 31.1 Å². The Bertz CT molecular complexity index is 1040. The molecule has 0 N–H and O–H groups in total. The summed E-state index contributed by atoms with van der Waals surface area (Å²) in [5, 5.41) is 0. The Morgan fingerprint density at radius 2 is 1.70 bits per heavy atom. The van der Waals surface area contributed by atoms with Crippen molar-refractivity contribution in [3.8, 4) is 5.75 Å². The maximum absolute atomic E-state index is 13.2. The second-order valence-corrected chi connectivity index (χ2v) is 7.23. The van der Waals surface area contributed by atoms with Gasteiger partial charge < -0.3 is 14.1 Å². The van der Waals surface area contributed by atoms with Crippen LogP contribution in [0.3, 0.4) is 0 Å². The zero-order valence-electron chi connectivity index (χ0n) is 16.4. The van der Waals surface area contributed by atoms with Crippen LogP contribution in [-0.2, 0) is 13.2 Å². The number of piperazine rings is 1. The Hall–Kier alpha value is -3.19. The molecule has 2 heterocycles. The summed E-state index contributed by atoms with van der Waals surface area (Å²) >= 11 is 0. The van der Waals surface area contributed by atoms with Gasteiger partial charge in [0.05, 0.1) is 6.54 Å². The third-order valence-electron chi connectivity index (χ3n) is 5.08. The second-order valence-electron chi connectivity index (χ2n) is 7.23. The summed E-state index contributed by atoms with van der Waals surface area (Å²) < 4.78 is 37.4. The van der Waals surface area contributed by atoms with Crippen LogP contribution in [0.4, 0.5) is 14.5 Å². The molecule has 3 aromatic rings. The normalized spacial score (nSPS) is 14.7. The molecule has 0 amide bonds. The quantitative estimate of drug-likeness (QED) is 0.616. The van der Waals surface area contributed by atoms with E-state index in [2.05, 4.69) is 9.80 Å². The minimum Gasteiger partial charge on any atom is -0.482 e. The fourth-order valence-electron chi connectivity index (χ4n) is 3.45. The summed E-state index contributed by atoms with van der Waals surface area (Å²) in [7, 11) is 0. The van der Waals surface area contributed by atoms with Gasteiger partial charge in [0.25, 0.3) is 0 Å². The highest BCUT2D eigenvalue weighted by molar-refractivity contribution is 5.46. The molecule has 1 fully saturated rings. The van der Waals surface area contributed by atoms with Crippen molar-refractivity contribution < 1.29 is 17.9 Å². The molecule has 0 spiro atoms. The lowest BCUT2D eigenvalue weighted by molar-refractivity contribution is 0.224. The van der Waals surface area contributed by atoms with Crippen LogP contribution in [0.1, 0.15) is 11.3 Å². The van der Waals surface area contributed by atoms with Gasteiger partial charge in [-0.1, -0.05) is 12.1 Å². The van der Waals surface area contributed by atoms with Crippen molar-refractivity contribution in [2.45, 2.75) is 13.2 Å². The van der Waals surface area contributed by atoms with E-state index in [9.17, 15) is 13.6 Å². The number of nitrogens with zero attached hydrogens (tertiary/aromatic N) is 2. The molecule has 0 atom stereocenters. The van der Waals surface area contributed by atoms with Gasteiger partial charge in [-0.25, -0.2) is 8.78 Å². The minimum absolute atomic E-state index is 0.0905. The topological polar surface area (TPSA) is 45.9 Å². The summed E-state index contributed by atoms with van der Waals surface area (Å²) in [6.07, 6.45) is 1.31. The van der Waals surface area contributed by atoms with Gasteiger partial charge in [0.2, 0.25) is 11.2 Å². The molecule has 0 radical (unpaired) electrons. The number of ether oxygens (including phenoxy) is 1. The molecule has 156 valence electrons. The van der Waals surface area contributed by atoms with Crippen LogP contribution < -0.4 is 15.1 Å². The Kier molecular flexibility index (Phi) is 6.09. The number of rotatable bonds is 6. The predicted octanol–water partition coefficient (Wildman–Crippen LogP) is 3.82. The summed E-state index contributed by atoms with van der Waals surface area (Å²) in [6, 6.07) is 14.0. The third-order valence-corrected chi connectivity index (χ3v) is 5.08. The summed E-state index contributed by atoms with van der Waals surface area (Å²) in [6.45, 7) is 3.84. The Morgan fingerprint density at radius 3 is 2.40 bits per heavy atom. The molecule has 1 saturated heterocycles. The van der Waals surface area contributed by atoms with Gasteiger partial charge in [-0.2, -0.15) is 0 Å². The monoisotopic (exact) mass is 412 g/mol. The fourth-order valence-corrected chi connectivity index (χ4v) is 3.45. The molecule has 1 aliphatic heterocycles. The molecule has 0 unspecified atom stereocenters. The van der Waals surface area contributed by atoms with Gasteiger partial charge in [0.1, 0.15) is 30.3 Å². The Labute approximate surface area is 173 Å². The predicted molar refractivity (Wildman–Crippen MR) is 110 cm³/mol. The van der Waals surface area contributed by atoms with Gasteiger partial charge in [-0.15, -0.1) is 0 Å². The van der Waals surface area contributed by atoms with Gasteiger partial charge in [-0.05, 0) is 42.0 Å². The van der Waals surface area contributed by atoms with E-state index in [1.54, 1.807) is 24.3 Å². The lowest BCUT2D eigenvalue weighted by Gasteiger charge is -2.35. The molecule has 0 aliphatic carbocycles. The first-order valence-electron chi connectivity index (χ1n) is 9.79. The molecular formula is C23H22F2N2O3. The van der Waals surface area contributed by atoms with Crippen molar-refractivity contribution in [1.29, 1.82) is 0 Å². The largest absolute Gasteiger partial charge is 0.482 e. The molecule has 2 aromatic carbocycles. The smallest absolute Gasteiger partial charge is 0.227 e. The van der Waals surface area contributed by atoms with Crippen molar-refractivity contribution >= 4 is 5.69 Å². The second kappa shape index (κ2) is 9.09. The Balaban J connectivity index is 1.30. The van der Waals surface area contributed by atoms with Gasteiger partial charge >= 0.3 is 0 Å². The number of halogens is 2. The maximum Gasteiger partial charge on any atom is 0.227 e. The zero-order chi connectivity index (χ0) is 20.9. The van der Waals surface area contributed by atoms with Crippen molar-refractivity contribution in [3.05, 3.63) is 94.0 Å².